The minimum Gasteiger partial charge on any atom is -0.352 e. The van der Waals surface area contributed by atoms with E-state index in [0.29, 0.717) is 24.2 Å². The average molecular weight is 326 g/mol. The summed E-state index contributed by atoms with van der Waals surface area (Å²) in [4.78, 5) is 20.7. The number of nitrogens with zero attached hydrogens (tertiary/aromatic N) is 6. The monoisotopic (exact) mass is 326 g/mol. The summed E-state index contributed by atoms with van der Waals surface area (Å²) >= 11 is 0. The predicted molar refractivity (Wildman–Crippen MR) is 91.0 cm³/mol. The smallest absolute Gasteiger partial charge is 0.273 e. The van der Waals surface area contributed by atoms with Crippen LogP contribution in [0.3, 0.4) is 0 Å². The lowest BCUT2D eigenvalue weighted by Gasteiger charge is -2.44. The van der Waals surface area contributed by atoms with Crippen molar-refractivity contribution >= 4 is 5.82 Å². The molecule has 3 heterocycles. The van der Waals surface area contributed by atoms with Gasteiger partial charge in [-0.15, -0.1) is 5.10 Å². The third kappa shape index (κ3) is 2.91. The first-order chi connectivity index (χ1) is 11.6. The molecule has 0 amide bonds. The lowest BCUT2D eigenvalue weighted by atomic mass is 10.1. The van der Waals surface area contributed by atoms with Gasteiger partial charge in [0.1, 0.15) is 5.69 Å². The van der Waals surface area contributed by atoms with Gasteiger partial charge in [-0.05, 0) is 32.0 Å². The predicted octanol–water partition coefficient (Wildman–Crippen LogP) is 0.768. The molecule has 0 unspecified atom stereocenters. The van der Waals surface area contributed by atoms with E-state index in [1.807, 2.05) is 7.05 Å². The van der Waals surface area contributed by atoms with Crippen molar-refractivity contribution in [1.29, 1.82) is 0 Å². The second-order valence-corrected chi connectivity index (χ2v) is 6.85. The van der Waals surface area contributed by atoms with Gasteiger partial charge in [0.25, 0.3) is 5.56 Å². The summed E-state index contributed by atoms with van der Waals surface area (Å²) in [6.07, 6.45) is 5.85. The molecule has 0 N–H and O–H groups in total. The fraction of sp³-hybridized carbons (Fsp3) is 0.529. The molecule has 4 rings (SSSR count). The average Bonchev–Trinajstić information content (AvgIpc) is 3.36. The van der Waals surface area contributed by atoms with Crippen LogP contribution in [0.5, 0.6) is 0 Å². The van der Waals surface area contributed by atoms with Gasteiger partial charge in [-0.25, -0.2) is 0 Å². The summed E-state index contributed by atoms with van der Waals surface area (Å²) in [5, 5.41) is 8.70. The fourth-order valence-corrected chi connectivity index (χ4v) is 3.05. The van der Waals surface area contributed by atoms with E-state index in [2.05, 4.69) is 37.1 Å². The van der Waals surface area contributed by atoms with Gasteiger partial charge in [0.2, 0.25) is 0 Å². The highest BCUT2D eigenvalue weighted by molar-refractivity contribution is 5.42. The normalized spacial score (nSPS) is 18.0. The number of anilines is 1. The molecule has 1 aliphatic heterocycles. The minimum absolute atomic E-state index is 0.0259. The van der Waals surface area contributed by atoms with E-state index in [9.17, 15) is 4.79 Å². The third-order valence-electron chi connectivity index (χ3n) is 4.96. The van der Waals surface area contributed by atoms with Crippen molar-refractivity contribution in [3.63, 3.8) is 0 Å². The highest BCUT2D eigenvalue weighted by Gasteiger charge is 2.32. The number of rotatable bonds is 5. The molecule has 2 aromatic heterocycles. The van der Waals surface area contributed by atoms with Gasteiger partial charge in [-0.1, -0.05) is 0 Å². The highest BCUT2D eigenvalue weighted by atomic mass is 16.1. The molecule has 1 aliphatic carbocycles. The Morgan fingerprint density at radius 2 is 2.04 bits per heavy atom. The zero-order valence-corrected chi connectivity index (χ0v) is 14.1. The van der Waals surface area contributed by atoms with Gasteiger partial charge in [0, 0.05) is 51.0 Å². The van der Waals surface area contributed by atoms with Crippen LogP contribution in [0.15, 0.2) is 29.3 Å². The SMILES string of the molecule is CN(Cc1nccn(C)c1=O)C1CN(c2ccc(C3CC3)nn2)C1. The topological polar surface area (TPSA) is 67.2 Å². The van der Waals surface area contributed by atoms with E-state index >= 15 is 0 Å². The van der Waals surface area contributed by atoms with E-state index in [-0.39, 0.29) is 5.56 Å². The van der Waals surface area contributed by atoms with Crippen LogP contribution < -0.4 is 10.5 Å². The fourth-order valence-electron chi connectivity index (χ4n) is 3.05. The summed E-state index contributed by atoms with van der Waals surface area (Å²) in [6.45, 7) is 2.38. The molecule has 7 heteroatoms. The van der Waals surface area contributed by atoms with Crippen LogP contribution in [-0.4, -0.2) is 50.8 Å². The summed E-state index contributed by atoms with van der Waals surface area (Å²) in [7, 11) is 3.79. The Morgan fingerprint density at radius 3 is 2.71 bits per heavy atom. The molecule has 126 valence electrons. The summed E-state index contributed by atoms with van der Waals surface area (Å²) in [5.74, 6) is 1.58. The third-order valence-corrected chi connectivity index (χ3v) is 4.96. The van der Waals surface area contributed by atoms with Crippen molar-refractivity contribution in [2.24, 2.45) is 7.05 Å². The van der Waals surface area contributed by atoms with Crippen LogP contribution in [0, 0.1) is 0 Å². The number of hydrogen-bond donors (Lipinski definition) is 0. The molecule has 7 nitrogen and oxygen atoms in total. The number of hydrogen-bond acceptors (Lipinski definition) is 6. The standard InChI is InChI=1S/C17H22N6O/c1-21-8-7-18-15(17(21)24)11-22(2)13-9-23(10-13)16-6-5-14(19-20-16)12-3-4-12/h5-8,12-13H,3-4,9-11H2,1-2H3. The molecule has 0 radical (unpaired) electrons. The summed E-state index contributed by atoms with van der Waals surface area (Å²) in [5.41, 5.74) is 1.69. The number of likely N-dealkylation sites (N-methyl/N-ethyl adjacent to an activating group) is 1. The van der Waals surface area contributed by atoms with Crippen LogP contribution >= 0.6 is 0 Å². The molecular formula is C17H22N6O. The van der Waals surface area contributed by atoms with Gasteiger partial charge in [0.05, 0.1) is 5.69 Å². The van der Waals surface area contributed by atoms with Crippen molar-refractivity contribution in [2.45, 2.75) is 31.3 Å². The molecule has 2 aromatic rings. The second kappa shape index (κ2) is 5.98. The van der Waals surface area contributed by atoms with Gasteiger partial charge >= 0.3 is 0 Å². The van der Waals surface area contributed by atoms with E-state index in [0.717, 1.165) is 24.6 Å². The van der Waals surface area contributed by atoms with Gasteiger partial charge in [-0.3, -0.25) is 14.7 Å². The molecule has 1 saturated carbocycles. The maximum absolute atomic E-state index is 12.1. The van der Waals surface area contributed by atoms with Crippen molar-refractivity contribution in [1.82, 2.24) is 24.6 Å². The van der Waals surface area contributed by atoms with Gasteiger partial charge in [-0.2, -0.15) is 5.10 Å². The highest BCUT2D eigenvalue weighted by Crippen LogP contribution is 2.38. The van der Waals surface area contributed by atoms with E-state index in [1.165, 1.54) is 12.8 Å². The molecule has 0 atom stereocenters. The first-order valence-corrected chi connectivity index (χ1v) is 8.41. The number of aryl methyl sites for hydroxylation is 1. The molecule has 0 bridgehead atoms. The van der Waals surface area contributed by atoms with Crippen molar-refractivity contribution in [3.8, 4) is 0 Å². The first-order valence-electron chi connectivity index (χ1n) is 8.41. The quantitative estimate of drug-likeness (QED) is 0.808. The Morgan fingerprint density at radius 1 is 1.25 bits per heavy atom. The lowest BCUT2D eigenvalue weighted by Crippen LogP contribution is -2.58. The second-order valence-electron chi connectivity index (χ2n) is 6.85. The lowest BCUT2D eigenvalue weighted by molar-refractivity contribution is 0.193. The maximum Gasteiger partial charge on any atom is 0.273 e. The van der Waals surface area contributed by atoms with Crippen LogP contribution in [0.4, 0.5) is 5.82 Å². The molecule has 0 aromatic carbocycles. The summed E-state index contributed by atoms with van der Waals surface area (Å²) < 4.78 is 1.57. The molecule has 2 fully saturated rings. The largest absolute Gasteiger partial charge is 0.352 e. The molecular weight excluding hydrogens is 304 g/mol. The van der Waals surface area contributed by atoms with Crippen molar-refractivity contribution < 1.29 is 0 Å². The molecule has 24 heavy (non-hydrogen) atoms. The Balaban J connectivity index is 1.34. The van der Waals surface area contributed by atoms with Crippen LogP contribution in [-0.2, 0) is 13.6 Å². The van der Waals surface area contributed by atoms with Gasteiger partial charge in [0.15, 0.2) is 5.82 Å². The maximum atomic E-state index is 12.1. The number of aromatic nitrogens is 4. The van der Waals surface area contributed by atoms with Crippen molar-refractivity contribution in [2.75, 3.05) is 25.0 Å². The molecule has 0 spiro atoms. The van der Waals surface area contributed by atoms with Crippen LogP contribution in [0.1, 0.15) is 30.1 Å². The van der Waals surface area contributed by atoms with Crippen LogP contribution in [0.25, 0.3) is 0 Å². The van der Waals surface area contributed by atoms with Gasteiger partial charge < -0.3 is 9.47 Å². The molecule has 2 aliphatic rings. The van der Waals surface area contributed by atoms with E-state index in [4.69, 9.17) is 0 Å². The van der Waals surface area contributed by atoms with Crippen molar-refractivity contribution in [3.05, 3.63) is 46.3 Å². The van der Waals surface area contributed by atoms with E-state index in [1.54, 1.807) is 24.0 Å². The Bertz CT molecular complexity index is 776. The Hall–Kier alpha value is -2.28. The first kappa shape index (κ1) is 15.3. The zero-order chi connectivity index (χ0) is 16.7. The Kier molecular flexibility index (Phi) is 3.80. The van der Waals surface area contributed by atoms with Crippen LogP contribution in [0.2, 0.25) is 0 Å². The molecule has 1 saturated heterocycles. The minimum atomic E-state index is -0.0259. The Labute approximate surface area is 140 Å². The zero-order valence-electron chi connectivity index (χ0n) is 14.1. The van der Waals surface area contributed by atoms with E-state index < -0.39 is 0 Å². The summed E-state index contributed by atoms with van der Waals surface area (Å²) in [6, 6.07) is 4.58.